The summed E-state index contributed by atoms with van der Waals surface area (Å²) in [5, 5.41) is 3.50. The van der Waals surface area contributed by atoms with Crippen LogP contribution < -0.4 is 16.8 Å². The van der Waals surface area contributed by atoms with E-state index in [0.29, 0.717) is 17.5 Å². The van der Waals surface area contributed by atoms with Crippen molar-refractivity contribution >= 4 is 17.3 Å². The Balaban J connectivity index is 2.05. The normalized spacial score (nSPS) is 24.5. The van der Waals surface area contributed by atoms with E-state index in [1.807, 2.05) is 12.1 Å². The third-order valence-corrected chi connectivity index (χ3v) is 3.72. The van der Waals surface area contributed by atoms with Crippen LogP contribution in [0.1, 0.15) is 39.0 Å². The fourth-order valence-electron chi connectivity index (χ4n) is 2.64. The molecule has 0 aliphatic heterocycles. The fraction of sp³-hybridized carbons (Fsp3) is 0.615. The summed E-state index contributed by atoms with van der Waals surface area (Å²) >= 11 is 0. The molecule has 94 valence electrons. The average Bonchev–Trinajstić information content (AvgIpc) is 2.34. The van der Waals surface area contributed by atoms with E-state index >= 15 is 0 Å². The van der Waals surface area contributed by atoms with Crippen molar-refractivity contribution in [3.8, 4) is 0 Å². The second-order valence-electron chi connectivity index (χ2n) is 4.87. The Morgan fingerprint density at radius 2 is 2.06 bits per heavy atom. The van der Waals surface area contributed by atoms with Crippen molar-refractivity contribution in [2.75, 3.05) is 16.8 Å². The van der Waals surface area contributed by atoms with Crippen LogP contribution in [0.5, 0.6) is 0 Å². The van der Waals surface area contributed by atoms with Gasteiger partial charge in [-0.25, -0.2) is 4.98 Å². The number of hydrogen-bond donors (Lipinski definition) is 3. The van der Waals surface area contributed by atoms with E-state index in [2.05, 4.69) is 17.2 Å². The van der Waals surface area contributed by atoms with Gasteiger partial charge in [0.15, 0.2) is 0 Å². The lowest BCUT2D eigenvalue weighted by Gasteiger charge is -2.32. The lowest BCUT2D eigenvalue weighted by atomic mass is 9.83. The zero-order valence-electron chi connectivity index (χ0n) is 10.4. The molecule has 17 heavy (non-hydrogen) atoms. The number of anilines is 3. The molecule has 0 aromatic carbocycles. The number of nitrogens with zero attached hydrogens (tertiary/aromatic N) is 1. The molecular formula is C13H22N4. The topological polar surface area (TPSA) is 77.0 Å². The van der Waals surface area contributed by atoms with Crippen molar-refractivity contribution in [3.05, 3.63) is 12.1 Å². The van der Waals surface area contributed by atoms with Gasteiger partial charge in [-0.15, -0.1) is 0 Å². The standard InChI is InChI=1S/C13H22N4/c1-2-9-5-3-4-6-11(9)16-12-8-7-10(14)13(15)17-12/h7-9,11H,2-6,14H2,1H3,(H3,15,16,17). The second kappa shape index (κ2) is 5.25. The summed E-state index contributed by atoms with van der Waals surface area (Å²) in [5.74, 6) is 2.02. The summed E-state index contributed by atoms with van der Waals surface area (Å²) in [4.78, 5) is 4.28. The molecule has 0 radical (unpaired) electrons. The largest absolute Gasteiger partial charge is 0.396 e. The van der Waals surface area contributed by atoms with E-state index in [9.17, 15) is 0 Å². The molecule has 5 N–H and O–H groups in total. The molecule has 1 aliphatic carbocycles. The smallest absolute Gasteiger partial charge is 0.149 e. The van der Waals surface area contributed by atoms with Crippen LogP contribution in [0.2, 0.25) is 0 Å². The first-order valence-electron chi connectivity index (χ1n) is 6.49. The van der Waals surface area contributed by atoms with Gasteiger partial charge in [0.05, 0.1) is 5.69 Å². The zero-order valence-corrected chi connectivity index (χ0v) is 10.4. The van der Waals surface area contributed by atoms with Crippen LogP contribution >= 0.6 is 0 Å². The number of pyridine rings is 1. The van der Waals surface area contributed by atoms with Gasteiger partial charge < -0.3 is 16.8 Å². The Kier molecular flexibility index (Phi) is 3.71. The summed E-state index contributed by atoms with van der Waals surface area (Å²) in [5.41, 5.74) is 11.9. The maximum atomic E-state index is 5.72. The Labute approximate surface area is 103 Å². The molecule has 0 bridgehead atoms. The van der Waals surface area contributed by atoms with Crippen LogP contribution in [0.15, 0.2) is 12.1 Å². The Hall–Kier alpha value is -1.45. The molecule has 1 fully saturated rings. The van der Waals surface area contributed by atoms with Crippen molar-refractivity contribution < 1.29 is 0 Å². The third-order valence-electron chi connectivity index (χ3n) is 3.72. The summed E-state index contributed by atoms with van der Waals surface area (Å²) in [6, 6.07) is 4.26. The highest BCUT2D eigenvalue weighted by molar-refractivity contribution is 5.61. The first kappa shape index (κ1) is 12.0. The van der Waals surface area contributed by atoms with Crippen molar-refractivity contribution in [1.29, 1.82) is 0 Å². The maximum Gasteiger partial charge on any atom is 0.149 e. The lowest BCUT2D eigenvalue weighted by molar-refractivity contribution is 0.317. The molecule has 0 amide bonds. The number of rotatable bonds is 3. The Morgan fingerprint density at radius 1 is 1.29 bits per heavy atom. The summed E-state index contributed by atoms with van der Waals surface area (Å²) in [6.45, 7) is 2.26. The SMILES string of the molecule is CCC1CCCCC1Nc1ccc(N)c(N)n1. The minimum absolute atomic E-state index is 0.416. The predicted octanol–water partition coefficient (Wildman–Crippen LogP) is 2.63. The summed E-state index contributed by atoms with van der Waals surface area (Å²) in [7, 11) is 0. The van der Waals surface area contributed by atoms with Crippen LogP contribution in [0, 0.1) is 5.92 Å². The number of hydrogen-bond acceptors (Lipinski definition) is 4. The number of nitrogens with one attached hydrogen (secondary N) is 1. The highest BCUT2D eigenvalue weighted by Crippen LogP contribution is 2.29. The van der Waals surface area contributed by atoms with Crippen LogP contribution in [-0.2, 0) is 0 Å². The average molecular weight is 234 g/mol. The Bertz CT molecular complexity index is 378. The van der Waals surface area contributed by atoms with Gasteiger partial charge in [-0.2, -0.15) is 0 Å². The van der Waals surface area contributed by atoms with Gasteiger partial charge in [-0.05, 0) is 30.9 Å². The molecule has 0 saturated heterocycles. The van der Waals surface area contributed by atoms with Gasteiger partial charge >= 0.3 is 0 Å². The second-order valence-corrected chi connectivity index (χ2v) is 4.87. The molecule has 1 aromatic heterocycles. The van der Waals surface area contributed by atoms with Crippen molar-refractivity contribution in [2.45, 2.75) is 45.1 Å². The van der Waals surface area contributed by atoms with E-state index in [1.165, 1.54) is 32.1 Å². The van der Waals surface area contributed by atoms with Crippen molar-refractivity contribution in [2.24, 2.45) is 5.92 Å². The summed E-state index contributed by atoms with van der Waals surface area (Å²) in [6.07, 6.45) is 6.43. The molecule has 0 spiro atoms. The maximum absolute atomic E-state index is 5.72. The van der Waals surface area contributed by atoms with Gasteiger partial charge in [0.1, 0.15) is 11.6 Å². The van der Waals surface area contributed by atoms with Gasteiger partial charge in [0, 0.05) is 6.04 Å². The summed E-state index contributed by atoms with van der Waals surface area (Å²) < 4.78 is 0. The quantitative estimate of drug-likeness (QED) is 0.751. The van der Waals surface area contributed by atoms with Gasteiger partial charge in [-0.1, -0.05) is 26.2 Å². The molecule has 1 aromatic rings. The van der Waals surface area contributed by atoms with Crippen LogP contribution in [0.25, 0.3) is 0 Å². The van der Waals surface area contributed by atoms with E-state index in [1.54, 1.807) is 0 Å². The molecule has 1 aliphatic rings. The first-order chi connectivity index (χ1) is 8.20. The predicted molar refractivity (Wildman–Crippen MR) is 72.7 cm³/mol. The number of aromatic nitrogens is 1. The first-order valence-corrected chi connectivity index (χ1v) is 6.49. The molecule has 4 nitrogen and oxygen atoms in total. The van der Waals surface area contributed by atoms with Crippen LogP contribution in [-0.4, -0.2) is 11.0 Å². The molecule has 4 heteroatoms. The molecular weight excluding hydrogens is 212 g/mol. The van der Waals surface area contributed by atoms with Gasteiger partial charge in [-0.3, -0.25) is 0 Å². The van der Waals surface area contributed by atoms with Crippen LogP contribution in [0.3, 0.4) is 0 Å². The van der Waals surface area contributed by atoms with Gasteiger partial charge in [0.25, 0.3) is 0 Å². The fourth-order valence-corrected chi connectivity index (χ4v) is 2.64. The number of nitrogens with two attached hydrogens (primary N) is 2. The zero-order chi connectivity index (χ0) is 12.3. The van der Waals surface area contributed by atoms with Crippen LogP contribution in [0.4, 0.5) is 17.3 Å². The van der Waals surface area contributed by atoms with Gasteiger partial charge in [0.2, 0.25) is 0 Å². The van der Waals surface area contributed by atoms with E-state index < -0.39 is 0 Å². The molecule has 1 saturated carbocycles. The van der Waals surface area contributed by atoms with E-state index in [0.717, 1.165) is 11.7 Å². The van der Waals surface area contributed by atoms with E-state index in [-0.39, 0.29) is 0 Å². The molecule has 2 atom stereocenters. The minimum Gasteiger partial charge on any atom is -0.396 e. The highest BCUT2D eigenvalue weighted by Gasteiger charge is 2.23. The Morgan fingerprint density at radius 3 is 2.76 bits per heavy atom. The molecule has 2 unspecified atom stereocenters. The third kappa shape index (κ3) is 2.81. The monoisotopic (exact) mass is 234 g/mol. The lowest BCUT2D eigenvalue weighted by Crippen LogP contribution is -2.32. The molecule has 1 heterocycles. The van der Waals surface area contributed by atoms with E-state index in [4.69, 9.17) is 11.5 Å². The highest BCUT2D eigenvalue weighted by atomic mass is 15.0. The van der Waals surface area contributed by atoms with Crippen molar-refractivity contribution in [1.82, 2.24) is 4.98 Å². The molecule has 2 rings (SSSR count). The minimum atomic E-state index is 0.416. The van der Waals surface area contributed by atoms with Crippen molar-refractivity contribution in [3.63, 3.8) is 0 Å². The number of nitrogen functional groups attached to an aromatic ring is 2.